The van der Waals surface area contributed by atoms with Crippen LogP contribution in [0.4, 0.5) is 0 Å². The normalized spacial score (nSPS) is 12.0. The molecule has 0 N–H and O–H groups in total. The van der Waals surface area contributed by atoms with Crippen LogP contribution < -0.4 is 0 Å². The minimum Gasteiger partial charge on any atom is -0.340 e. The Hall–Kier alpha value is -2.95. The van der Waals surface area contributed by atoms with Crippen molar-refractivity contribution in [2.24, 2.45) is 7.05 Å². The van der Waals surface area contributed by atoms with E-state index in [-0.39, 0.29) is 11.9 Å². The molecule has 0 spiro atoms. The molecular formula is C21H24N4O. The van der Waals surface area contributed by atoms with Crippen LogP contribution in [0, 0.1) is 13.8 Å². The molecule has 5 heteroatoms. The summed E-state index contributed by atoms with van der Waals surface area (Å²) in [4.78, 5) is 23.5. The zero-order chi connectivity index (χ0) is 18.7. The fourth-order valence-electron chi connectivity index (χ4n) is 3.37. The SMILES string of the molecule is CCN(C(=O)c1cn(C)cn1)[C@@H](c1cccnc1)c1cc(C)cc(C)c1. The van der Waals surface area contributed by atoms with Crippen molar-refractivity contribution in [3.63, 3.8) is 0 Å². The van der Waals surface area contributed by atoms with Crippen molar-refractivity contribution in [2.75, 3.05) is 6.54 Å². The lowest BCUT2D eigenvalue weighted by atomic mass is 9.95. The molecule has 1 amide bonds. The van der Waals surface area contributed by atoms with E-state index in [4.69, 9.17) is 0 Å². The quantitative estimate of drug-likeness (QED) is 0.707. The van der Waals surface area contributed by atoms with Crippen molar-refractivity contribution in [2.45, 2.75) is 26.8 Å². The monoisotopic (exact) mass is 348 g/mol. The number of aromatic nitrogens is 3. The average molecular weight is 348 g/mol. The van der Waals surface area contributed by atoms with E-state index >= 15 is 0 Å². The van der Waals surface area contributed by atoms with Gasteiger partial charge >= 0.3 is 0 Å². The molecule has 0 radical (unpaired) electrons. The summed E-state index contributed by atoms with van der Waals surface area (Å²) in [5, 5.41) is 0. The van der Waals surface area contributed by atoms with Crippen LogP contribution in [0.25, 0.3) is 0 Å². The molecule has 1 aromatic carbocycles. The molecule has 0 unspecified atom stereocenters. The first-order valence-electron chi connectivity index (χ1n) is 8.76. The number of amides is 1. The van der Waals surface area contributed by atoms with Crippen molar-refractivity contribution in [1.29, 1.82) is 0 Å². The molecule has 0 aliphatic rings. The van der Waals surface area contributed by atoms with Crippen LogP contribution in [0.1, 0.15) is 45.7 Å². The van der Waals surface area contributed by atoms with Crippen molar-refractivity contribution in [3.05, 3.63) is 83.2 Å². The van der Waals surface area contributed by atoms with Gasteiger partial charge in [-0.3, -0.25) is 9.78 Å². The molecule has 3 rings (SSSR count). The van der Waals surface area contributed by atoms with E-state index in [0.717, 1.165) is 11.1 Å². The van der Waals surface area contributed by atoms with E-state index in [0.29, 0.717) is 12.2 Å². The Morgan fingerprint density at radius 3 is 2.46 bits per heavy atom. The second-order valence-corrected chi connectivity index (χ2v) is 6.63. The van der Waals surface area contributed by atoms with Crippen molar-refractivity contribution in [1.82, 2.24) is 19.4 Å². The van der Waals surface area contributed by atoms with Gasteiger partial charge in [0.25, 0.3) is 5.91 Å². The van der Waals surface area contributed by atoms with Gasteiger partial charge in [0.05, 0.1) is 12.4 Å². The lowest BCUT2D eigenvalue weighted by Gasteiger charge is -2.31. The summed E-state index contributed by atoms with van der Waals surface area (Å²) < 4.78 is 1.79. The maximum atomic E-state index is 13.2. The van der Waals surface area contributed by atoms with Gasteiger partial charge < -0.3 is 9.47 Å². The molecule has 2 aromatic heterocycles. The zero-order valence-electron chi connectivity index (χ0n) is 15.7. The van der Waals surface area contributed by atoms with E-state index < -0.39 is 0 Å². The molecule has 1 atom stereocenters. The Morgan fingerprint density at radius 1 is 1.19 bits per heavy atom. The summed E-state index contributed by atoms with van der Waals surface area (Å²) in [5.41, 5.74) is 4.88. The Bertz CT molecular complexity index is 881. The number of nitrogens with zero attached hydrogens (tertiary/aromatic N) is 4. The minimum atomic E-state index is -0.207. The van der Waals surface area contributed by atoms with Crippen LogP contribution in [-0.4, -0.2) is 31.9 Å². The maximum Gasteiger partial charge on any atom is 0.274 e. The highest BCUT2D eigenvalue weighted by molar-refractivity contribution is 5.92. The van der Waals surface area contributed by atoms with Gasteiger partial charge in [-0.1, -0.05) is 35.4 Å². The molecule has 0 aliphatic heterocycles. The van der Waals surface area contributed by atoms with E-state index in [1.807, 2.05) is 37.2 Å². The highest BCUT2D eigenvalue weighted by Crippen LogP contribution is 2.30. The third kappa shape index (κ3) is 3.67. The van der Waals surface area contributed by atoms with Crippen LogP contribution in [0.3, 0.4) is 0 Å². The first-order chi connectivity index (χ1) is 12.5. The molecular weight excluding hydrogens is 324 g/mol. The Kier molecular flexibility index (Phi) is 5.16. The molecule has 0 fully saturated rings. The Balaban J connectivity index is 2.10. The summed E-state index contributed by atoms with van der Waals surface area (Å²) >= 11 is 0. The van der Waals surface area contributed by atoms with Gasteiger partial charge in [0.15, 0.2) is 0 Å². The van der Waals surface area contributed by atoms with Gasteiger partial charge in [0, 0.05) is 32.2 Å². The molecule has 0 aliphatic carbocycles. The minimum absolute atomic E-state index is 0.0823. The molecule has 5 nitrogen and oxygen atoms in total. The third-order valence-electron chi connectivity index (χ3n) is 4.40. The van der Waals surface area contributed by atoms with Crippen LogP contribution in [0.15, 0.2) is 55.2 Å². The van der Waals surface area contributed by atoms with Crippen LogP contribution >= 0.6 is 0 Å². The van der Waals surface area contributed by atoms with Crippen LogP contribution in [-0.2, 0) is 7.05 Å². The third-order valence-corrected chi connectivity index (χ3v) is 4.40. The molecule has 3 aromatic rings. The Morgan fingerprint density at radius 2 is 1.92 bits per heavy atom. The van der Waals surface area contributed by atoms with E-state index in [1.165, 1.54) is 11.1 Å². The second-order valence-electron chi connectivity index (χ2n) is 6.63. The average Bonchev–Trinajstić information content (AvgIpc) is 3.05. The maximum absolute atomic E-state index is 13.2. The lowest BCUT2D eigenvalue weighted by molar-refractivity contribution is 0.0711. The predicted molar refractivity (Wildman–Crippen MR) is 102 cm³/mol. The van der Waals surface area contributed by atoms with Crippen molar-refractivity contribution >= 4 is 5.91 Å². The fraction of sp³-hybridized carbons (Fsp3) is 0.286. The summed E-state index contributed by atoms with van der Waals surface area (Å²) in [6.07, 6.45) is 6.99. The summed E-state index contributed by atoms with van der Waals surface area (Å²) in [6, 6.07) is 10.1. The molecule has 134 valence electrons. The number of benzene rings is 1. The largest absolute Gasteiger partial charge is 0.340 e. The lowest BCUT2D eigenvalue weighted by Crippen LogP contribution is -2.35. The van der Waals surface area contributed by atoms with Gasteiger partial charge in [0.2, 0.25) is 0 Å². The van der Waals surface area contributed by atoms with Crippen molar-refractivity contribution < 1.29 is 4.79 Å². The topological polar surface area (TPSA) is 51.0 Å². The van der Waals surface area contributed by atoms with E-state index in [1.54, 1.807) is 23.3 Å². The Labute approximate surface area is 154 Å². The molecule has 2 heterocycles. The van der Waals surface area contributed by atoms with Gasteiger partial charge in [-0.25, -0.2) is 4.98 Å². The standard InChI is InChI=1S/C21H24N4O/c1-5-25(21(26)19-13-24(4)14-23-19)20(17-7-6-8-22-12-17)18-10-15(2)9-16(3)11-18/h6-14,20H,5H2,1-4H3/t20-/m0/s1. The summed E-state index contributed by atoms with van der Waals surface area (Å²) in [6.45, 7) is 6.72. The van der Waals surface area contributed by atoms with E-state index in [9.17, 15) is 4.79 Å². The number of imidazole rings is 1. The number of rotatable bonds is 5. The van der Waals surface area contributed by atoms with Crippen molar-refractivity contribution in [3.8, 4) is 0 Å². The number of hydrogen-bond acceptors (Lipinski definition) is 3. The highest BCUT2D eigenvalue weighted by Gasteiger charge is 2.28. The van der Waals surface area contributed by atoms with Gasteiger partial charge in [-0.2, -0.15) is 0 Å². The number of carbonyl (C=O) groups excluding carboxylic acids is 1. The van der Waals surface area contributed by atoms with Gasteiger partial charge in [-0.15, -0.1) is 0 Å². The zero-order valence-corrected chi connectivity index (χ0v) is 15.7. The molecule has 0 saturated carbocycles. The predicted octanol–water partition coefficient (Wildman–Crippen LogP) is 3.68. The van der Waals surface area contributed by atoms with Gasteiger partial charge in [-0.05, 0) is 38.0 Å². The highest BCUT2D eigenvalue weighted by atomic mass is 16.2. The molecule has 0 saturated heterocycles. The number of pyridine rings is 1. The summed E-state index contributed by atoms with van der Waals surface area (Å²) in [7, 11) is 1.86. The number of aryl methyl sites for hydroxylation is 3. The first-order valence-corrected chi connectivity index (χ1v) is 8.76. The number of hydrogen-bond donors (Lipinski definition) is 0. The van der Waals surface area contributed by atoms with Crippen LogP contribution in [0.2, 0.25) is 0 Å². The first kappa shape index (κ1) is 17.9. The number of carbonyl (C=O) groups is 1. The fourth-order valence-corrected chi connectivity index (χ4v) is 3.37. The second kappa shape index (κ2) is 7.52. The van der Waals surface area contributed by atoms with Crippen LogP contribution in [0.5, 0.6) is 0 Å². The van der Waals surface area contributed by atoms with Gasteiger partial charge in [0.1, 0.15) is 5.69 Å². The smallest absolute Gasteiger partial charge is 0.274 e. The molecule has 26 heavy (non-hydrogen) atoms. The van der Waals surface area contributed by atoms with E-state index in [2.05, 4.69) is 42.0 Å². The molecule has 0 bridgehead atoms. The summed E-state index contributed by atoms with van der Waals surface area (Å²) in [5.74, 6) is -0.0823.